The van der Waals surface area contributed by atoms with Gasteiger partial charge in [-0.05, 0) is 19.4 Å². The van der Waals surface area contributed by atoms with Gasteiger partial charge in [-0.2, -0.15) is 5.10 Å². The Kier molecular flexibility index (Phi) is 3.57. The molecule has 1 aromatic rings. The van der Waals surface area contributed by atoms with E-state index in [9.17, 15) is 4.79 Å². The summed E-state index contributed by atoms with van der Waals surface area (Å²) in [7, 11) is 1.49. The summed E-state index contributed by atoms with van der Waals surface area (Å²) >= 11 is 0. The molecular formula is C9H17N3OS. The van der Waals surface area contributed by atoms with Crippen LogP contribution in [0.1, 0.15) is 5.69 Å². The summed E-state index contributed by atoms with van der Waals surface area (Å²) in [5, 5.41) is 6.78. The Labute approximate surface area is 87.0 Å². The SMILES string of the molecule is CNC(=O)Cn1ncc([SH](C)C)c1C. The number of nitrogens with one attached hydrogen (secondary N) is 1. The molecule has 0 saturated carbocycles. The van der Waals surface area contributed by atoms with Crippen LogP contribution in [0, 0.1) is 6.92 Å². The smallest absolute Gasteiger partial charge is 0.241 e. The molecule has 5 heteroatoms. The number of hydrogen-bond donors (Lipinski definition) is 2. The molecule has 0 radical (unpaired) electrons. The predicted molar refractivity (Wildman–Crippen MR) is 60.1 cm³/mol. The highest BCUT2D eigenvalue weighted by Gasteiger charge is 2.09. The summed E-state index contributed by atoms with van der Waals surface area (Å²) < 4.78 is 1.75. The lowest BCUT2D eigenvalue weighted by Crippen LogP contribution is -2.24. The molecule has 1 rings (SSSR count). The molecule has 0 aliphatic heterocycles. The summed E-state index contributed by atoms with van der Waals surface area (Å²) in [6.45, 7) is 2.32. The highest BCUT2D eigenvalue weighted by atomic mass is 32.2. The van der Waals surface area contributed by atoms with Gasteiger partial charge in [0.2, 0.25) is 5.91 Å². The van der Waals surface area contributed by atoms with Gasteiger partial charge in [-0.25, -0.2) is 10.9 Å². The van der Waals surface area contributed by atoms with Crippen LogP contribution in [0.3, 0.4) is 0 Å². The second-order valence-corrected chi connectivity index (χ2v) is 5.61. The van der Waals surface area contributed by atoms with Crippen molar-refractivity contribution in [3.8, 4) is 0 Å². The van der Waals surface area contributed by atoms with Crippen molar-refractivity contribution >= 4 is 16.8 Å². The molecule has 0 bridgehead atoms. The summed E-state index contributed by atoms with van der Waals surface area (Å²) in [5.41, 5.74) is 1.10. The maximum atomic E-state index is 11.1. The van der Waals surface area contributed by atoms with E-state index in [1.807, 2.05) is 13.1 Å². The Morgan fingerprint density at radius 3 is 2.71 bits per heavy atom. The molecule has 1 N–H and O–H groups in total. The standard InChI is InChI=1S/C9H17N3OS/c1-7-8(14(3)4)5-11-12(7)6-9(13)10-2/h5,14H,6H2,1-4H3,(H,10,13). The van der Waals surface area contributed by atoms with Crippen LogP contribution in [0.4, 0.5) is 0 Å². The van der Waals surface area contributed by atoms with Crippen LogP contribution in [0.25, 0.3) is 0 Å². The van der Waals surface area contributed by atoms with Crippen molar-refractivity contribution in [1.29, 1.82) is 0 Å². The average molecular weight is 215 g/mol. The molecule has 0 aliphatic rings. The van der Waals surface area contributed by atoms with Crippen molar-refractivity contribution in [2.75, 3.05) is 19.6 Å². The number of hydrogen-bond acceptors (Lipinski definition) is 2. The normalized spacial score (nSPS) is 11.3. The van der Waals surface area contributed by atoms with Gasteiger partial charge in [-0.15, -0.1) is 0 Å². The Balaban J connectivity index is 2.84. The van der Waals surface area contributed by atoms with E-state index >= 15 is 0 Å². The summed E-state index contributed by atoms with van der Waals surface area (Å²) in [6, 6.07) is 0. The number of thiol groups is 1. The number of rotatable bonds is 3. The lowest BCUT2D eigenvalue weighted by Gasteiger charge is -2.08. The summed E-state index contributed by atoms with van der Waals surface area (Å²) in [4.78, 5) is 12.4. The highest BCUT2D eigenvalue weighted by Crippen LogP contribution is 2.30. The van der Waals surface area contributed by atoms with Gasteiger partial charge >= 0.3 is 0 Å². The van der Waals surface area contributed by atoms with Crippen LogP contribution in [-0.4, -0.2) is 35.2 Å². The average Bonchev–Trinajstić information content (AvgIpc) is 2.48. The number of nitrogens with zero attached hydrogens (tertiary/aromatic N) is 2. The van der Waals surface area contributed by atoms with E-state index in [1.165, 1.54) is 4.90 Å². The molecule has 0 unspecified atom stereocenters. The van der Waals surface area contributed by atoms with Gasteiger partial charge in [0.25, 0.3) is 0 Å². The number of carbonyl (C=O) groups excluding carboxylic acids is 1. The van der Waals surface area contributed by atoms with E-state index in [0.29, 0.717) is 6.54 Å². The largest absolute Gasteiger partial charge is 0.358 e. The van der Waals surface area contributed by atoms with Crippen LogP contribution < -0.4 is 5.32 Å². The minimum atomic E-state index is -0.140. The molecule has 0 aromatic carbocycles. The quantitative estimate of drug-likeness (QED) is 0.724. The third-order valence-corrected chi connectivity index (χ3v) is 3.53. The molecule has 4 nitrogen and oxygen atoms in total. The zero-order chi connectivity index (χ0) is 10.7. The van der Waals surface area contributed by atoms with Crippen LogP contribution in [-0.2, 0) is 11.3 Å². The van der Waals surface area contributed by atoms with Crippen LogP contribution in [0.2, 0.25) is 0 Å². The predicted octanol–water partition coefficient (Wildman–Crippen LogP) is 0.557. The fraction of sp³-hybridized carbons (Fsp3) is 0.556. The number of amides is 1. The zero-order valence-electron chi connectivity index (χ0n) is 9.03. The lowest BCUT2D eigenvalue weighted by atomic mass is 10.4. The summed E-state index contributed by atoms with van der Waals surface area (Å²) in [5.74, 6) is -0.0146. The van der Waals surface area contributed by atoms with E-state index in [0.717, 1.165) is 5.69 Å². The number of carbonyl (C=O) groups is 1. The topological polar surface area (TPSA) is 46.9 Å². The van der Waals surface area contributed by atoms with E-state index < -0.39 is 0 Å². The van der Waals surface area contributed by atoms with Crippen molar-refractivity contribution in [2.24, 2.45) is 0 Å². The Hall–Kier alpha value is -0.970. The van der Waals surface area contributed by atoms with Crippen LogP contribution in [0.15, 0.2) is 11.1 Å². The molecule has 1 amide bonds. The van der Waals surface area contributed by atoms with E-state index in [4.69, 9.17) is 0 Å². The molecule has 14 heavy (non-hydrogen) atoms. The first-order valence-corrected chi connectivity index (χ1v) is 6.70. The third-order valence-electron chi connectivity index (χ3n) is 2.13. The fourth-order valence-electron chi connectivity index (χ4n) is 1.25. The Morgan fingerprint density at radius 1 is 1.64 bits per heavy atom. The zero-order valence-corrected chi connectivity index (χ0v) is 9.93. The molecule has 0 aliphatic carbocycles. The maximum Gasteiger partial charge on any atom is 0.241 e. The van der Waals surface area contributed by atoms with Crippen LogP contribution in [0.5, 0.6) is 0 Å². The van der Waals surface area contributed by atoms with Gasteiger partial charge in [-0.3, -0.25) is 9.48 Å². The fourth-order valence-corrected chi connectivity index (χ4v) is 2.30. The number of likely N-dealkylation sites (N-methyl/N-ethyl adjacent to an activating group) is 1. The van der Waals surface area contributed by atoms with Crippen molar-refractivity contribution in [3.63, 3.8) is 0 Å². The maximum absolute atomic E-state index is 11.1. The molecular weight excluding hydrogens is 198 g/mol. The molecule has 0 saturated heterocycles. The van der Waals surface area contributed by atoms with E-state index in [-0.39, 0.29) is 16.8 Å². The Morgan fingerprint density at radius 2 is 2.29 bits per heavy atom. The minimum Gasteiger partial charge on any atom is -0.358 e. The van der Waals surface area contributed by atoms with Gasteiger partial charge in [0.1, 0.15) is 6.54 Å². The van der Waals surface area contributed by atoms with Crippen molar-refractivity contribution in [1.82, 2.24) is 15.1 Å². The van der Waals surface area contributed by atoms with Gasteiger partial charge in [0.05, 0.1) is 6.20 Å². The monoisotopic (exact) mass is 215 g/mol. The molecule has 80 valence electrons. The lowest BCUT2D eigenvalue weighted by molar-refractivity contribution is -0.121. The number of aromatic nitrogens is 2. The highest BCUT2D eigenvalue weighted by molar-refractivity contribution is 8.15. The summed E-state index contributed by atoms with van der Waals surface area (Å²) in [6.07, 6.45) is 6.23. The van der Waals surface area contributed by atoms with Gasteiger partial charge in [0.15, 0.2) is 0 Å². The first kappa shape index (κ1) is 11.1. The van der Waals surface area contributed by atoms with Gasteiger partial charge in [-0.1, -0.05) is 0 Å². The van der Waals surface area contributed by atoms with Crippen molar-refractivity contribution in [3.05, 3.63) is 11.9 Å². The van der Waals surface area contributed by atoms with Crippen molar-refractivity contribution in [2.45, 2.75) is 18.4 Å². The molecule has 0 fully saturated rings. The first-order valence-electron chi connectivity index (χ1n) is 4.46. The second-order valence-electron chi connectivity index (χ2n) is 3.34. The first-order chi connectivity index (χ1) is 6.56. The molecule has 0 spiro atoms. The minimum absolute atomic E-state index is 0.0146. The van der Waals surface area contributed by atoms with E-state index in [2.05, 4.69) is 22.9 Å². The van der Waals surface area contributed by atoms with Gasteiger partial charge in [0, 0.05) is 17.6 Å². The molecule has 1 aromatic heterocycles. The second kappa shape index (κ2) is 4.50. The molecule has 1 heterocycles. The Bertz CT molecular complexity index is 333. The van der Waals surface area contributed by atoms with E-state index in [1.54, 1.807) is 11.7 Å². The van der Waals surface area contributed by atoms with Gasteiger partial charge < -0.3 is 5.32 Å². The van der Waals surface area contributed by atoms with Crippen molar-refractivity contribution < 1.29 is 4.79 Å². The molecule has 0 atom stereocenters. The van der Waals surface area contributed by atoms with Crippen LogP contribution >= 0.6 is 10.9 Å². The third kappa shape index (κ3) is 2.29.